The predicted octanol–water partition coefficient (Wildman–Crippen LogP) is 4.17. The van der Waals surface area contributed by atoms with E-state index in [1.807, 2.05) is 48.5 Å². The number of carboxylic acid groups (broad SMARTS) is 1. The third-order valence-electron chi connectivity index (χ3n) is 5.66. The van der Waals surface area contributed by atoms with E-state index in [1.54, 1.807) is 11.6 Å². The van der Waals surface area contributed by atoms with E-state index in [-0.39, 0.29) is 18.9 Å². The number of amides is 2. The zero-order chi connectivity index (χ0) is 25.6. The fourth-order valence-electron chi connectivity index (χ4n) is 3.96. The molecule has 0 aromatic heterocycles. The number of hydrogen-bond donors (Lipinski definition) is 3. The van der Waals surface area contributed by atoms with Gasteiger partial charge in [0.15, 0.2) is 0 Å². The van der Waals surface area contributed by atoms with Gasteiger partial charge in [-0.2, -0.15) is 24.9 Å². The Morgan fingerprint density at radius 1 is 1.03 bits per heavy atom. The van der Waals surface area contributed by atoms with Crippen molar-refractivity contribution < 1.29 is 37.4 Å². The highest BCUT2D eigenvalue weighted by Crippen LogP contribution is 2.44. The number of ether oxygens (including phenoxy) is 1. The van der Waals surface area contributed by atoms with Crippen LogP contribution >= 0.6 is 11.8 Å². The molecular formula is C24H25F3N2O5S. The van der Waals surface area contributed by atoms with Crippen molar-refractivity contribution in [3.63, 3.8) is 0 Å². The van der Waals surface area contributed by atoms with Crippen LogP contribution in [0.2, 0.25) is 0 Å². The van der Waals surface area contributed by atoms with Crippen molar-refractivity contribution in [1.82, 2.24) is 10.6 Å². The van der Waals surface area contributed by atoms with Crippen LogP contribution in [0.5, 0.6) is 0 Å². The number of carbonyl (C=O) groups is 3. The Morgan fingerprint density at radius 2 is 1.60 bits per heavy atom. The molecule has 7 nitrogen and oxygen atoms in total. The highest BCUT2D eigenvalue weighted by Gasteiger charge is 2.43. The van der Waals surface area contributed by atoms with Crippen LogP contribution in [0.25, 0.3) is 11.1 Å². The van der Waals surface area contributed by atoms with Crippen LogP contribution in [-0.4, -0.2) is 60.0 Å². The van der Waals surface area contributed by atoms with E-state index in [0.717, 1.165) is 22.3 Å². The number of carbonyl (C=O) groups excluding carboxylic acids is 2. The summed E-state index contributed by atoms with van der Waals surface area (Å²) in [5.74, 6) is -2.42. The smallest absolute Gasteiger partial charge is 0.409 e. The quantitative estimate of drug-likeness (QED) is 0.443. The molecule has 0 radical (unpaired) electrons. The van der Waals surface area contributed by atoms with Crippen molar-refractivity contribution in [2.75, 3.05) is 18.6 Å². The van der Waals surface area contributed by atoms with Crippen molar-refractivity contribution >= 4 is 29.7 Å². The Bertz CT molecular complexity index is 1030. The van der Waals surface area contributed by atoms with Crippen LogP contribution < -0.4 is 10.6 Å². The molecule has 1 unspecified atom stereocenters. The number of alkyl halides is 3. The Kier molecular flexibility index (Phi) is 8.66. The Hall–Kier alpha value is -3.21. The number of thioether (sulfide) groups is 1. The molecule has 0 fully saturated rings. The van der Waals surface area contributed by atoms with Crippen LogP contribution in [0, 0.1) is 0 Å². The average Bonchev–Trinajstić information content (AvgIpc) is 3.13. The van der Waals surface area contributed by atoms with Crippen LogP contribution in [0.1, 0.15) is 29.9 Å². The summed E-state index contributed by atoms with van der Waals surface area (Å²) in [6.45, 7) is -0.188. The van der Waals surface area contributed by atoms with E-state index in [1.165, 1.54) is 11.8 Å². The van der Waals surface area contributed by atoms with E-state index in [2.05, 4.69) is 5.32 Å². The summed E-state index contributed by atoms with van der Waals surface area (Å²) >= 11 is 1.34. The van der Waals surface area contributed by atoms with Gasteiger partial charge in [-0.05, 0) is 40.7 Å². The molecule has 2 aromatic rings. The van der Waals surface area contributed by atoms with Crippen molar-refractivity contribution in [1.29, 1.82) is 0 Å². The monoisotopic (exact) mass is 510 g/mol. The Balaban J connectivity index is 1.62. The standard InChI is InChI=1S/C24H25F3N2O5S/c1-35-11-10-19(22(31)32)28-21(30)12-20(24(25,26)27)29-23(33)34-13-18-16-8-4-2-6-14(16)15-7-3-5-9-17(15)18/h2-9,18-20H,10-13H2,1H3,(H,28,30)(H,29,33)(H,31,32)/t19-,20?/m1/s1. The van der Waals surface area contributed by atoms with Gasteiger partial charge in [0.05, 0.1) is 6.42 Å². The second kappa shape index (κ2) is 11.5. The molecule has 2 aromatic carbocycles. The van der Waals surface area contributed by atoms with Gasteiger partial charge in [-0.25, -0.2) is 9.59 Å². The topological polar surface area (TPSA) is 105 Å². The minimum Gasteiger partial charge on any atom is -0.480 e. The molecule has 0 heterocycles. The number of fused-ring (bicyclic) bond motifs is 3. The molecule has 0 spiro atoms. The van der Waals surface area contributed by atoms with Crippen molar-refractivity contribution in [2.24, 2.45) is 0 Å². The molecule has 188 valence electrons. The summed E-state index contributed by atoms with van der Waals surface area (Å²) in [5.41, 5.74) is 3.74. The molecule has 2 atom stereocenters. The minimum atomic E-state index is -4.94. The first-order valence-electron chi connectivity index (χ1n) is 10.8. The Labute approximate surface area is 204 Å². The number of benzene rings is 2. The fraction of sp³-hybridized carbons (Fsp3) is 0.375. The third-order valence-corrected chi connectivity index (χ3v) is 6.31. The van der Waals surface area contributed by atoms with Gasteiger partial charge in [-0.1, -0.05) is 48.5 Å². The van der Waals surface area contributed by atoms with Crippen molar-refractivity contribution in [3.8, 4) is 11.1 Å². The molecule has 11 heteroatoms. The number of rotatable bonds is 10. The second-order valence-electron chi connectivity index (χ2n) is 8.01. The third kappa shape index (κ3) is 6.68. The zero-order valence-electron chi connectivity index (χ0n) is 18.8. The number of alkyl carbamates (subject to hydrolysis) is 1. The molecular weight excluding hydrogens is 485 g/mol. The second-order valence-corrected chi connectivity index (χ2v) is 8.99. The maximum absolute atomic E-state index is 13.5. The largest absolute Gasteiger partial charge is 0.480 e. The van der Waals surface area contributed by atoms with E-state index >= 15 is 0 Å². The number of nitrogens with one attached hydrogen (secondary N) is 2. The molecule has 0 aliphatic heterocycles. The van der Waals surface area contributed by atoms with E-state index in [9.17, 15) is 27.6 Å². The Morgan fingerprint density at radius 3 is 2.11 bits per heavy atom. The SMILES string of the molecule is CSCC[C@@H](NC(=O)CC(NC(=O)OCC1c2ccccc2-c2ccccc21)C(F)(F)F)C(=O)O. The van der Waals surface area contributed by atoms with Crippen LogP contribution in [-0.2, 0) is 14.3 Å². The first-order chi connectivity index (χ1) is 16.6. The van der Waals surface area contributed by atoms with Gasteiger partial charge in [0, 0.05) is 5.92 Å². The van der Waals surface area contributed by atoms with E-state index in [0.29, 0.717) is 5.75 Å². The zero-order valence-corrected chi connectivity index (χ0v) is 19.6. The van der Waals surface area contributed by atoms with E-state index in [4.69, 9.17) is 9.84 Å². The highest BCUT2D eigenvalue weighted by atomic mass is 32.2. The number of carboxylic acids is 1. The summed E-state index contributed by atoms with van der Waals surface area (Å²) in [4.78, 5) is 35.7. The molecule has 0 saturated carbocycles. The first-order valence-corrected chi connectivity index (χ1v) is 12.2. The lowest BCUT2D eigenvalue weighted by atomic mass is 9.98. The molecule has 2 amide bonds. The van der Waals surface area contributed by atoms with Crippen molar-refractivity contribution in [2.45, 2.75) is 37.0 Å². The number of aliphatic carboxylic acids is 1. The van der Waals surface area contributed by atoms with Crippen LogP contribution in [0.3, 0.4) is 0 Å². The molecule has 1 aliphatic rings. The maximum Gasteiger partial charge on any atom is 0.409 e. The summed E-state index contributed by atoms with van der Waals surface area (Å²) < 4.78 is 45.7. The van der Waals surface area contributed by atoms with Gasteiger partial charge in [-0.15, -0.1) is 0 Å². The van der Waals surface area contributed by atoms with Gasteiger partial charge >= 0.3 is 18.2 Å². The van der Waals surface area contributed by atoms with Crippen LogP contribution in [0.15, 0.2) is 48.5 Å². The minimum absolute atomic E-state index is 0.0543. The molecule has 1 aliphatic carbocycles. The first kappa shape index (κ1) is 26.4. The summed E-state index contributed by atoms with van der Waals surface area (Å²) in [7, 11) is 0. The van der Waals surface area contributed by atoms with Gasteiger partial charge in [0.1, 0.15) is 18.7 Å². The molecule has 0 saturated heterocycles. The van der Waals surface area contributed by atoms with Gasteiger partial charge in [-0.3, -0.25) is 4.79 Å². The molecule has 3 N–H and O–H groups in total. The summed E-state index contributed by atoms with van der Waals surface area (Å²) in [5, 5.41) is 13.0. The van der Waals surface area contributed by atoms with Crippen molar-refractivity contribution in [3.05, 3.63) is 59.7 Å². The lowest BCUT2D eigenvalue weighted by Gasteiger charge is -2.23. The predicted molar refractivity (Wildman–Crippen MR) is 125 cm³/mol. The van der Waals surface area contributed by atoms with Gasteiger partial charge in [0.2, 0.25) is 5.91 Å². The molecule has 3 rings (SSSR count). The molecule has 0 bridgehead atoms. The normalized spacial score (nSPS) is 14.4. The lowest BCUT2D eigenvalue weighted by Crippen LogP contribution is -2.50. The lowest BCUT2D eigenvalue weighted by molar-refractivity contribution is -0.160. The maximum atomic E-state index is 13.5. The van der Waals surface area contributed by atoms with Gasteiger partial charge < -0.3 is 20.5 Å². The average molecular weight is 511 g/mol. The summed E-state index contributed by atoms with van der Waals surface area (Å²) in [6.07, 6.45) is -5.64. The number of hydrogen-bond acceptors (Lipinski definition) is 5. The number of halogens is 3. The van der Waals surface area contributed by atoms with Crippen LogP contribution in [0.4, 0.5) is 18.0 Å². The highest BCUT2D eigenvalue weighted by molar-refractivity contribution is 7.98. The fourth-order valence-corrected chi connectivity index (χ4v) is 4.43. The molecule has 35 heavy (non-hydrogen) atoms. The summed E-state index contributed by atoms with van der Waals surface area (Å²) in [6, 6.07) is 11.2. The van der Waals surface area contributed by atoms with E-state index < -0.39 is 42.7 Å². The van der Waals surface area contributed by atoms with Gasteiger partial charge in [0.25, 0.3) is 0 Å².